The summed E-state index contributed by atoms with van der Waals surface area (Å²) in [4.78, 5) is 11.6. The van der Waals surface area contributed by atoms with Gasteiger partial charge in [-0.2, -0.15) is 0 Å². The Kier molecular flexibility index (Phi) is 5.56. The first kappa shape index (κ1) is 18.4. The fourth-order valence-electron chi connectivity index (χ4n) is 3.02. The fraction of sp³-hybridized carbons (Fsp3) is 0.350. The lowest BCUT2D eigenvalue weighted by Gasteiger charge is -2.34. The first-order chi connectivity index (χ1) is 12.5. The normalized spacial score (nSPS) is 25.6. The Balaban J connectivity index is 1.76. The molecule has 6 heteroatoms. The Morgan fingerprint density at radius 3 is 2.42 bits per heavy atom. The maximum absolute atomic E-state index is 11.6. The highest BCUT2D eigenvalue weighted by molar-refractivity contribution is 5.76. The van der Waals surface area contributed by atoms with Gasteiger partial charge in [-0.05, 0) is 42.2 Å². The maximum Gasteiger partial charge on any atom is 0.338 e. The third-order valence-electron chi connectivity index (χ3n) is 4.39. The number of aliphatic hydroxyl groups excluding tert-OH is 3. The molecule has 0 spiro atoms. The molecule has 1 heterocycles. The molecule has 2 aromatic carbocycles. The molecule has 3 N–H and O–H groups in total. The van der Waals surface area contributed by atoms with Crippen LogP contribution in [0.1, 0.15) is 29.7 Å². The van der Waals surface area contributed by atoms with Crippen LogP contribution in [-0.4, -0.2) is 46.2 Å². The summed E-state index contributed by atoms with van der Waals surface area (Å²) in [6, 6.07) is 15.1. The lowest BCUT2D eigenvalue weighted by Crippen LogP contribution is -2.51. The highest BCUT2D eigenvalue weighted by Gasteiger charge is 2.44. The molecule has 4 atom stereocenters. The van der Waals surface area contributed by atoms with Gasteiger partial charge in [0, 0.05) is 0 Å². The predicted molar refractivity (Wildman–Crippen MR) is 93.7 cm³/mol. The molecule has 138 valence electrons. The van der Waals surface area contributed by atoms with E-state index in [9.17, 15) is 20.1 Å². The topological polar surface area (TPSA) is 96.2 Å². The van der Waals surface area contributed by atoms with Crippen molar-refractivity contribution in [1.29, 1.82) is 0 Å². The van der Waals surface area contributed by atoms with Gasteiger partial charge in [-0.25, -0.2) is 4.79 Å². The van der Waals surface area contributed by atoms with Gasteiger partial charge in [0.1, 0.15) is 18.0 Å². The van der Waals surface area contributed by atoms with Crippen LogP contribution in [0.15, 0.2) is 48.5 Å². The number of hydrogen-bond donors (Lipinski definition) is 3. The monoisotopic (exact) mass is 358 g/mol. The van der Waals surface area contributed by atoms with Gasteiger partial charge < -0.3 is 24.8 Å². The van der Waals surface area contributed by atoms with Crippen molar-refractivity contribution in [2.75, 3.05) is 6.61 Å². The summed E-state index contributed by atoms with van der Waals surface area (Å²) in [6.45, 7) is 2.55. The zero-order valence-electron chi connectivity index (χ0n) is 14.4. The molecular formula is C20H22O6. The SMILES string of the molecule is CCOc1ccc(Cc2cccc([C@@H]3OC(=O)[C@@H](O)C(O)[C@H]3O)c2)cc1. The van der Waals surface area contributed by atoms with Gasteiger partial charge in [0.05, 0.1) is 6.61 Å². The maximum atomic E-state index is 11.6. The average molecular weight is 358 g/mol. The molecule has 26 heavy (non-hydrogen) atoms. The highest BCUT2D eigenvalue weighted by Crippen LogP contribution is 2.30. The molecule has 1 unspecified atom stereocenters. The van der Waals surface area contributed by atoms with E-state index in [4.69, 9.17) is 9.47 Å². The molecule has 1 fully saturated rings. The lowest BCUT2D eigenvalue weighted by molar-refractivity contribution is -0.203. The number of cyclic esters (lactones) is 1. The van der Waals surface area contributed by atoms with E-state index in [1.165, 1.54) is 0 Å². The number of carbonyl (C=O) groups excluding carboxylic acids is 1. The molecule has 1 saturated heterocycles. The molecule has 0 bridgehead atoms. The van der Waals surface area contributed by atoms with E-state index in [0.29, 0.717) is 18.6 Å². The molecule has 0 amide bonds. The summed E-state index contributed by atoms with van der Waals surface area (Å²) in [5, 5.41) is 29.4. The van der Waals surface area contributed by atoms with Crippen molar-refractivity contribution < 1.29 is 29.6 Å². The second-order valence-electron chi connectivity index (χ2n) is 6.28. The van der Waals surface area contributed by atoms with E-state index in [1.807, 2.05) is 43.3 Å². The Labute approximate surface area is 151 Å². The van der Waals surface area contributed by atoms with Crippen LogP contribution in [0, 0.1) is 0 Å². The van der Waals surface area contributed by atoms with Crippen LogP contribution < -0.4 is 4.74 Å². The minimum absolute atomic E-state index is 0.570. The number of hydrogen-bond acceptors (Lipinski definition) is 6. The van der Waals surface area contributed by atoms with Crippen molar-refractivity contribution in [3.8, 4) is 5.75 Å². The van der Waals surface area contributed by atoms with Gasteiger partial charge in [0.25, 0.3) is 0 Å². The van der Waals surface area contributed by atoms with Crippen LogP contribution in [0.4, 0.5) is 0 Å². The molecule has 0 saturated carbocycles. The molecule has 6 nitrogen and oxygen atoms in total. The lowest BCUT2D eigenvalue weighted by atomic mass is 9.92. The summed E-state index contributed by atoms with van der Waals surface area (Å²) in [7, 11) is 0. The van der Waals surface area contributed by atoms with E-state index in [-0.39, 0.29) is 0 Å². The van der Waals surface area contributed by atoms with Crippen molar-refractivity contribution in [3.63, 3.8) is 0 Å². The van der Waals surface area contributed by atoms with Crippen molar-refractivity contribution in [1.82, 2.24) is 0 Å². The predicted octanol–water partition coefficient (Wildman–Crippen LogP) is 1.36. The van der Waals surface area contributed by atoms with E-state index in [1.54, 1.807) is 12.1 Å². The molecule has 2 aromatic rings. The van der Waals surface area contributed by atoms with Crippen LogP contribution >= 0.6 is 0 Å². The van der Waals surface area contributed by atoms with Crippen LogP contribution in [0.25, 0.3) is 0 Å². The van der Waals surface area contributed by atoms with Gasteiger partial charge in [0.2, 0.25) is 0 Å². The Bertz CT molecular complexity index is 757. The van der Waals surface area contributed by atoms with E-state index < -0.39 is 30.4 Å². The average Bonchev–Trinajstić information content (AvgIpc) is 2.65. The second kappa shape index (κ2) is 7.86. The van der Waals surface area contributed by atoms with Crippen molar-refractivity contribution in [2.45, 2.75) is 37.8 Å². The third-order valence-corrected chi connectivity index (χ3v) is 4.39. The number of benzene rings is 2. The summed E-state index contributed by atoms with van der Waals surface area (Å²) in [5.74, 6) is -0.125. The molecule has 0 aromatic heterocycles. The Morgan fingerprint density at radius 1 is 1.00 bits per heavy atom. The highest BCUT2D eigenvalue weighted by atomic mass is 16.6. The summed E-state index contributed by atoms with van der Waals surface area (Å²) in [6.07, 6.45) is -5.05. The van der Waals surface area contributed by atoms with Crippen LogP contribution in [0.2, 0.25) is 0 Å². The molecule has 0 aliphatic carbocycles. The van der Waals surface area contributed by atoms with Gasteiger partial charge in [-0.1, -0.05) is 36.4 Å². The van der Waals surface area contributed by atoms with Crippen LogP contribution in [0.3, 0.4) is 0 Å². The largest absolute Gasteiger partial charge is 0.494 e. The zero-order valence-corrected chi connectivity index (χ0v) is 14.4. The summed E-state index contributed by atoms with van der Waals surface area (Å²) >= 11 is 0. The van der Waals surface area contributed by atoms with Crippen LogP contribution in [-0.2, 0) is 16.0 Å². The first-order valence-electron chi connectivity index (χ1n) is 8.55. The van der Waals surface area contributed by atoms with Crippen molar-refractivity contribution >= 4 is 5.97 Å². The Hall–Kier alpha value is -2.41. The van der Waals surface area contributed by atoms with E-state index >= 15 is 0 Å². The van der Waals surface area contributed by atoms with Gasteiger partial charge in [-0.3, -0.25) is 0 Å². The summed E-state index contributed by atoms with van der Waals surface area (Å²) < 4.78 is 10.5. The number of carbonyl (C=O) groups is 1. The number of ether oxygens (including phenoxy) is 2. The zero-order chi connectivity index (χ0) is 18.7. The standard InChI is InChI=1S/C20H22O6/c1-2-25-15-8-6-12(7-9-15)10-13-4-3-5-14(11-13)19-17(22)16(21)18(23)20(24)26-19/h3-9,11,16-19,21-23H,2,10H2,1H3/t16?,17-,18+,19+/m1/s1. The van der Waals surface area contributed by atoms with Crippen LogP contribution in [0.5, 0.6) is 5.75 Å². The van der Waals surface area contributed by atoms with Crippen molar-refractivity contribution in [3.05, 3.63) is 65.2 Å². The minimum Gasteiger partial charge on any atom is -0.494 e. The van der Waals surface area contributed by atoms with Gasteiger partial charge in [-0.15, -0.1) is 0 Å². The first-order valence-corrected chi connectivity index (χ1v) is 8.55. The van der Waals surface area contributed by atoms with E-state index in [0.717, 1.165) is 16.9 Å². The van der Waals surface area contributed by atoms with E-state index in [2.05, 4.69) is 0 Å². The third kappa shape index (κ3) is 3.88. The van der Waals surface area contributed by atoms with Gasteiger partial charge >= 0.3 is 5.97 Å². The molecule has 0 radical (unpaired) electrons. The van der Waals surface area contributed by atoms with Gasteiger partial charge in [0.15, 0.2) is 12.2 Å². The second-order valence-corrected chi connectivity index (χ2v) is 6.28. The number of rotatable bonds is 5. The molecule has 1 aliphatic rings. The number of aliphatic hydroxyl groups is 3. The quantitative estimate of drug-likeness (QED) is 0.699. The Morgan fingerprint density at radius 2 is 1.73 bits per heavy atom. The smallest absolute Gasteiger partial charge is 0.338 e. The molecular weight excluding hydrogens is 336 g/mol. The molecule has 1 aliphatic heterocycles. The number of esters is 1. The minimum atomic E-state index is -1.73. The summed E-state index contributed by atoms with van der Waals surface area (Å²) in [5.41, 5.74) is 2.62. The molecule has 3 rings (SSSR count). The fourth-order valence-corrected chi connectivity index (χ4v) is 3.02. The van der Waals surface area contributed by atoms with Crippen molar-refractivity contribution in [2.24, 2.45) is 0 Å².